The Balaban J connectivity index is 2.01. The van der Waals surface area contributed by atoms with Crippen LogP contribution in [0.5, 0.6) is 0 Å². The smallest absolute Gasteiger partial charge is 0.0309 e. The zero-order valence-corrected chi connectivity index (χ0v) is 11.3. The summed E-state index contributed by atoms with van der Waals surface area (Å²) in [5, 5.41) is 3.89. The maximum atomic E-state index is 3.89. The zero-order chi connectivity index (χ0) is 11.6. The van der Waals surface area contributed by atoms with Crippen molar-refractivity contribution in [2.45, 2.75) is 64.5 Å². The van der Waals surface area contributed by atoms with Gasteiger partial charge in [0.1, 0.15) is 0 Å². The van der Waals surface area contributed by atoms with E-state index in [4.69, 9.17) is 0 Å². The van der Waals surface area contributed by atoms with Gasteiger partial charge in [0.15, 0.2) is 0 Å². The summed E-state index contributed by atoms with van der Waals surface area (Å²) in [7, 11) is 0. The quantitative estimate of drug-likeness (QED) is 0.776. The maximum Gasteiger partial charge on any atom is 0.0309 e. The summed E-state index contributed by atoms with van der Waals surface area (Å²) in [5.74, 6) is 0.772. The van der Waals surface area contributed by atoms with Gasteiger partial charge in [0.2, 0.25) is 0 Å². The SMILES string of the molecule is CCN1CC2(CCCCC2)NCC1C(C)C. The standard InChI is InChI=1S/C14H28N2/c1-4-16-11-14(8-6-5-7-9-14)15-10-13(16)12(2)3/h12-13,15H,4-11H2,1-3H3. The van der Waals surface area contributed by atoms with Crippen molar-refractivity contribution in [3.63, 3.8) is 0 Å². The Kier molecular flexibility index (Phi) is 3.91. The fourth-order valence-electron chi connectivity index (χ4n) is 3.58. The van der Waals surface area contributed by atoms with E-state index < -0.39 is 0 Å². The molecule has 2 rings (SSSR count). The minimum Gasteiger partial charge on any atom is -0.308 e. The first kappa shape index (κ1) is 12.4. The van der Waals surface area contributed by atoms with E-state index in [1.807, 2.05) is 0 Å². The largest absolute Gasteiger partial charge is 0.308 e. The summed E-state index contributed by atoms with van der Waals surface area (Å²) >= 11 is 0. The summed E-state index contributed by atoms with van der Waals surface area (Å²) in [6.07, 6.45) is 7.10. The third-order valence-electron chi connectivity index (χ3n) is 4.65. The molecule has 1 heterocycles. The van der Waals surface area contributed by atoms with Crippen molar-refractivity contribution < 1.29 is 0 Å². The van der Waals surface area contributed by atoms with E-state index in [2.05, 4.69) is 31.0 Å². The lowest BCUT2D eigenvalue weighted by molar-refractivity contribution is 0.0405. The summed E-state index contributed by atoms with van der Waals surface area (Å²) in [6, 6.07) is 0.748. The normalized spacial score (nSPS) is 31.1. The fraction of sp³-hybridized carbons (Fsp3) is 1.00. The number of hydrogen-bond donors (Lipinski definition) is 1. The van der Waals surface area contributed by atoms with Crippen LogP contribution in [0.2, 0.25) is 0 Å². The third-order valence-corrected chi connectivity index (χ3v) is 4.65. The number of nitrogens with one attached hydrogen (secondary N) is 1. The van der Waals surface area contributed by atoms with Gasteiger partial charge < -0.3 is 5.32 Å². The molecule has 0 aromatic rings. The van der Waals surface area contributed by atoms with Crippen molar-refractivity contribution in [3.8, 4) is 0 Å². The molecule has 2 nitrogen and oxygen atoms in total. The zero-order valence-electron chi connectivity index (χ0n) is 11.3. The molecule has 94 valence electrons. The molecule has 1 saturated heterocycles. The minimum absolute atomic E-state index is 0.472. The molecule has 0 aromatic carbocycles. The lowest BCUT2D eigenvalue weighted by Gasteiger charge is -2.50. The maximum absolute atomic E-state index is 3.89. The van der Waals surface area contributed by atoms with Crippen LogP contribution in [0.15, 0.2) is 0 Å². The first-order chi connectivity index (χ1) is 7.67. The highest BCUT2D eigenvalue weighted by molar-refractivity contribution is 4.99. The molecule has 0 amide bonds. The van der Waals surface area contributed by atoms with Gasteiger partial charge in [0.25, 0.3) is 0 Å². The number of piperazine rings is 1. The molecule has 1 spiro atoms. The van der Waals surface area contributed by atoms with Crippen LogP contribution in [0.25, 0.3) is 0 Å². The molecule has 1 N–H and O–H groups in total. The predicted molar refractivity (Wildman–Crippen MR) is 69.7 cm³/mol. The van der Waals surface area contributed by atoms with E-state index in [0.717, 1.165) is 12.0 Å². The van der Waals surface area contributed by atoms with Gasteiger partial charge in [-0.15, -0.1) is 0 Å². The van der Waals surface area contributed by atoms with E-state index in [1.165, 1.54) is 51.7 Å². The monoisotopic (exact) mass is 224 g/mol. The first-order valence-corrected chi connectivity index (χ1v) is 7.16. The molecular weight excluding hydrogens is 196 g/mol. The Morgan fingerprint density at radius 3 is 2.50 bits per heavy atom. The van der Waals surface area contributed by atoms with Gasteiger partial charge in [-0.05, 0) is 25.3 Å². The first-order valence-electron chi connectivity index (χ1n) is 7.16. The van der Waals surface area contributed by atoms with Gasteiger partial charge >= 0.3 is 0 Å². The summed E-state index contributed by atoms with van der Waals surface area (Å²) in [4.78, 5) is 2.71. The van der Waals surface area contributed by atoms with Crippen LogP contribution in [0.4, 0.5) is 0 Å². The van der Waals surface area contributed by atoms with E-state index in [-0.39, 0.29) is 0 Å². The van der Waals surface area contributed by atoms with Gasteiger partial charge in [-0.2, -0.15) is 0 Å². The molecule has 2 heteroatoms. The average molecular weight is 224 g/mol. The van der Waals surface area contributed by atoms with Gasteiger partial charge in [0.05, 0.1) is 0 Å². The number of hydrogen-bond acceptors (Lipinski definition) is 2. The topological polar surface area (TPSA) is 15.3 Å². The highest BCUT2D eigenvalue weighted by Gasteiger charge is 2.39. The Hall–Kier alpha value is -0.0800. The van der Waals surface area contributed by atoms with Crippen molar-refractivity contribution in [2.24, 2.45) is 5.92 Å². The van der Waals surface area contributed by atoms with Gasteiger partial charge in [-0.3, -0.25) is 4.90 Å². The minimum atomic E-state index is 0.472. The predicted octanol–water partition coefficient (Wildman–Crippen LogP) is 2.64. The molecule has 1 unspecified atom stereocenters. The van der Waals surface area contributed by atoms with Crippen molar-refractivity contribution in [1.82, 2.24) is 10.2 Å². The van der Waals surface area contributed by atoms with Crippen LogP contribution >= 0.6 is 0 Å². The summed E-state index contributed by atoms with van der Waals surface area (Å²) in [6.45, 7) is 10.7. The molecule has 16 heavy (non-hydrogen) atoms. The molecule has 1 atom stereocenters. The molecule has 0 bridgehead atoms. The van der Waals surface area contributed by atoms with Crippen LogP contribution in [-0.2, 0) is 0 Å². The van der Waals surface area contributed by atoms with E-state index in [9.17, 15) is 0 Å². The molecular formula is C14H28N2. The Labute approximate surface area is 101 Å². The van der Waals surface area contributed by atoms with E-state index >= 15 is 0 Å². The van der Waals surface area contributed by atoms with Crippen LogP contribution in [-0.4, -0.2) is 36.1 Å². The second-order valence-corrected chi connectivity index (χ2v) is 6.10. The summed E-state index contributed by atoms with van der Waals surface area (Å²) < 4.78 is 0. The van der Waals surface area contributed by atoms with E-state index in [1.54, 1.807) is 0 Å². The number of rotatable bonds is 2. The molecule has 2 aliphatic rings. The van der Waals surface area contributed by atoms with Crippen molar-refractivity contribution in [3.05, 3.63) is 0 Å². The summed E-state index contributed by atoms with van der Waals surface area (Å²) in [5.41, 5.74) is 0.472. The third kappa shape index (κ3) is 2.43. The molecule has 2 fully saturated rings. The van der Waals surface area contributed by atoms with Crippen LogP contribution in [0, 0.1) is 5.92 Å². The Bertz CT molecular complexity index is 219. The molecule has 1 aliphatic carbocycles. The second kappa shape index (κ2) is 5.05. The Morgan fingerprint density at radius 2 is 1.94 bits per heavy atom. The van der Waals surface area contributed by atoms with Crippen molar-refractivity contribution >= 4 is 0 Å². The number of nitrogens with zero attached hydrogens (tertiary/aromatic N) is 1. The molecule has 1 saturated carbocycles. The molecule has 1 aliphatic heterocycles. The Morgan fingerprint density at radius 1 is 1.25 bits per heavy atom. The number of likely N-dealkylation sites (N-methyl/N-ethyl adjacent to an activating group) is 1. The second-order valence-electron chi connectivity index (χ2n) is 6.10. The van der Waals surface area contributed by atoms with Gasteiger partial charge in [-0.25, -0.2) is 0 Å². The van der Waals surface area contributed by atoms with Gasteiger partial charge in [0, 0.05) is 24.7 Å². The van der Waals surface area contributed by atoms with Crippen LogP contribution in [0.1, 0.15) is 52.9 Å². The van der Waals surface area contributed by atoms with Crippen LogP contribution < -0.4 is 5.32 Å². The molecule has 0 radical (unpaired) electrons. The van der Waals surface area contributed by atoms with Crippen molar-refractivity contribution in [2.75, 3.05) is 19.6 Å². The van der Waals surface area contributed by atoms with E-state index in [0.29, 0.717) is 5.54 Å². The highest BCUT2D eigenvalue weighted by atomic mass is 15.3. The average Bonchev–Trinajstić information content (AvgIpc) is 2.29. The van der Waals surface area contributed by atoms with Crippen LogP contribution in [0.3, 0.4) is 0 Å². The van der Waals surface area contributed by atoms with Crippen molar-refractivity contribution in [1.29, 1.82) is 0 Å². The lowest BCUT2D eigenvalue weighted by Crippen LogP contribution is -2.65. The van der Waals surface area contributed by atoms with Gasteiger partial charge in [-0.1, -0.05) is 40.0 Å². The lowest BCUT2D eigenvalue weighted by atomic mass is 9.78. The highest BCUT2D eigenvalue weighted by Crippen LogP contribution is 2.32. The fourth-order valence-corrected chi connectivity index (χ4v) is 3.58. The molecule has 0 aromatic heterocycles.